The lowest BCUT2D eigenvalue weighted by Gasteiger charge is -2.43. The minimum Gasteiger partial charge on any atom is -0.349 e. The Morgan fingerprint density at radius 3 is 1.86 bits per heavy atom. The van der Waals surface area contributed by atoms with Crippen molar-refractivity contribution in [2.24, 2.45) is 40.4 Å². The highest BCUT2D eigenvalue weighted by Crippen LogP contribution is 2.45. The molecule has 204 valence electrons. The molecule has 5 unspecified atom stereocenters. The maximum Gasteiger partial charge on any atom is 0.221 e. The zero-order valence-electron chi connectivity index (χ0n) is 25.7. The number of hydrogen-bond donors (Lipinski definition) is 1. The molecule has 0 aliphatic heterocycles. The van der Waals surface area contributed by atoms with E-state index in [1.807, 2.05) is 0 Å². The molecule has 0 bridgehead atoms. The van der Waals surface area contributed by atoms with Crippen molar-refractivity contribution in [3.63, 3.8) is 0 Å². The van der Waals surface area contributed by atoms with Gasteiger partial charge < -0.3 is 5.32 Å². The van der Waals surface area contributed by atoms with E-state index in [1.165, 1.54) is 5.57 Å². The molecular formula is C33H61NO. The van der Waals surface area contributed by atoms with E-state index in [0.717, 1.165) is 43.3 Å². The maximum absolute atomic E-state index is 13.1. The number of hydrogen-bond acceptors (Lipinski definition) is 1. The van der Waals surface area contributed by atoms with Crippen molar-refractivity contribution < 1.29 is 4.79 Å². The van der Waals surface area contributed by atoms with E-state index >= 15 is 0 Å². The second-order valence-corrected chi connectivity index (χ2v) is 13.5. The van der Waals surface area contributed by atoms with Crippen LogP contribution in [0.4, 0.5) is 0 Å². The molecule has 0 aliphatic carbocycles. The fourth-order valence-electron chi connectivity index (χ4n) is 5.79. The first-order valence-corrected chi connectivity index (χ1v) is 14.2. The number of nitrogens with one attached hydrogen (secondary N) is 1. The highest BCUT2D eigenvalue weighted by molar-refractivity contribution is 5.77. The average Bonchev–Trinajstić information content (AvgIpc) is 2.73. The Bertz CT molecular complexity index is 705. The molecule has 0 aromatic carbocycles. The van der Waals surface area contributed by atoms with E-state index in [0.29, 0.717) is 36.0 Å². The summed E-state index contributed by atoms with van der Waals surface area (Å²) < 4.78 is 0. The van der Waals surface area contributed by atoms with Crippen LogP contribution in [-0.2, 0) is 4.79 Å². The minimum absolute atomic E-state index is 0.00112. The third kappa shape index (κ3) is 10.7. The van der Waals surface area contributed by atoms with E-state index in [9.17, 15) is 4.79 Å². The van der Waals surface area contributed by atoms with Crippen LogP contribution in [-0.4, -0.2) is 11.9 Å². The van der Waals surface area contributed by atoms with Gasteiger partial charge >= 0.3 is 0 Å². The first-order chi connectivity index (χ1) is 15.9. The Labute approximate surface area is 220 Å². The molecule has 35 heavy (non-hydrogen) atoms. The van der Waals surface area contributed by atoms with Gasteiger partial charge in [0.25, 0.3) is 0 Å². The van der Waals surface area contributed by atoms with Crippen molar-refractivity contribution in [2.45, 2.75) is 128 Å². The molecule has 1 amide bonds. The average molecular weight is 488 g/mol. The highest BCUT2D eigenvalue weighted by Gasteiger charge is 2.38. The number of carbonyl (C=O) groups excluding carboxylic acids is 1. The second-order valence-electron chi connectivity index (χ2n) is 13.5. The van der Waals surface area contributed by atoms with Crippen LogP contribution in [0.2, 0.25) is 0 Å². The largest absolute Gasteiger partial charge is 0.349 e. The topological polar surface area (TPSA) is 29.1 Å². The third-order valence-corrected chi connectivity index (χ3v) is 8.35. The van der Waals surface area contributed by atoms with E-state index in [4.69, 9.17) is 0 Å². The smallest absolute Gasteiger partial charge is 0.221 e. The van der Waals surface area contributed by atoms with E-state index in [1.54, 1.807) is 0 Å². The molecular weight excluding hydrogens is 426 g/mol. The second kappa shape index (κ2) is 14.4. The Kier molecular flexibility index (Phi) is 13.9. The molecule has 0 heterocycles. The van der Waals surface area contributed by atoms with Gasteiger partial charge in [-0.2, -0.15) is 0 Å². The predicted molar refractivity (Wildman–Crippen MR) is 157 cm³/mol. The molecule has 0 rings (SSSR count). The van der Waals surface area contributed by atoms with Crippen LogP contribution in [0, 0.1) is 40.4 Å². The SMILES string of the molecule is C=C(C)C(=C)C(CCC)C(CC(=C)C(NC(=O)CC(C)(C)CC)C(C)(C)C)C(C(C)C)C(C)CC. The summed E-state index contributed by atoms with van der Waals surface area (Å²) in [6.45, 7) is 40.4. The van der Waals surface area contributed by atoms with Crippen molar-refractivity contribution in [3.8, 4) is 0 Å². The fraction of sp³-hybridized carbons (Fsp3) is 0.788. The van der Waals surface area contributed by atoms with Crippen molar-refractivity contribution in [1.29, 1.82) is 0 Å². The number of amides is 1. The van der Waals surface area contributed by atoms with Crippen LogP contribution in [0.25, 0.3) is 0 Å². The summed E-state index contributed by atoms with van der Waals surface area (Å²) >= 11 is 0. The Balaban J connectivity index is 6.35. The van der Waals surface area contributed by atoms with Gasteiger partial charge in [-0.15, -0.1) is 0 Å². The van der Waals surface area contributed by atoms with E-state index < -0.39 is 0 Å². The van der Waals surface area contributed by atoms with Gasteiger partial charge in [-0.25, -0.2) is 0 Å². The molecule has 0 aromatic heterocycles. The van der Waals surface area contributed by atoms with Crippen molar-refractivity contribution in [3.05, 3.63) is 36.5 Å². The maximum atomic E-state index is 13.1. The van der Waals surface area contributed by atoms with Crippen LogP contribution in [0.1, 0.15) is 122 Å². The lowest BCUT2D eigenvalue weighted by molar-refractivity contribution is -0.124. The van der Waals surface area contributed by atoms with Gasteiger partial charge in [0, 0.05) is 6.42 Å². The summed E-state index contributed by atoms with van der Waals surface area (Å²) in [5, 5.41) is 3.41. The molecule has 0 fully saturated rings. The van der Waals surface area contributed by atoms with Gasteiger partial charge in [-0.1, -0.05) is 126 Å². The highest BCUT2D eigenvalue weighted by atomic mass is 16.1. The quantitative estimate of drug-likeness (QED) is 0.170. The summed E-state index contributed by atoms with van der Waals surface area (Å²) in [6.07, 6.45) is 5.83. The normalized spacial score (nSPS) is 16.8. The van der Waals surface area contributed by atoms with E-state index in [2.05, 4.69) is 108 Å². The zero-order valence-corrected chi connectivity index (χ0v) is 25.7. The molecule has 5 atom stereocenters. The lowest BCUT2D eigenvalue weighted by atomic mass is 9.63. The van der Waals surface area contributed by atoms with Gasteiger partial charge in [0.2, 0.25) is 5.91 Å². The molecule has 0 aliphatic rings. The van der Waals surface area contributed by atoms with Crippen molar-refractivity contribution in [2.75, 3.05) is 0 Å². The van der Waals surface area contributed by atoms with Gasteiger partial charge in [0.1, 0.15) is 0 Å². The van der Waals surface area contributed by atoms with Crippen molar-refractivity contribution in [1.82, 2.24) is 5.32 Å². The third-order valence-electron chi connectivity index (χ3n) is 8.35. The molecule has 1 N–H and O–H groups in total. The first-order valence-electron chi connectivity index (χ1n) is 14.2. The van der Waals surface area contributed by atoms with Crippen molar-refractivity contribution >= 4 is 5.91 Å². The van der Waals surface area contributed by atoms with Crippen LogP contribution >= 0.6 is 0 Å². The Hall–Kier alpha value is -1.31. The standard InChI is InChI=1S/C33H61NO/c1-16-19-27(26(10)22(4)5)28(30(23(6)7)24(8)17-2)20-25(9)31(32(11,12)13)34-29(35)21-33(14,15)18-3/h23-24,27-28,30-31H,4,9-10,16-21H2,1-3,5-8,11-15H3,(H,34,35). The van der Waals surface area contributed by atoms with Crippen LogP contribution < -0.4 is 5.32 Å². The van der Waals surface area contributed by atoms with Crippen LogP contribution in [0.15, 0.2) is 36.5 Å². The predicted octanol–water partition coefficient (Wildman–Crippen LogP) is 9.77. The summed E-state index contributed by atoms with van der Waals surface area (Å²) in [6, 6.07) is -0.0599. The van der Waals surface area contributed by atoms with Crippen LogP contribution in [0.3, 0.4) is 0 Å². The zero-order chi connectivity index (χ0) is 27.7. The van der Waals surface area contributed by atoms with Gasteiger partial charge in [0.15, 0.2) is 0 Å². The first kappa shape index (κ1) is 33.7. The number of rotatable bonds is 16. The molecule has 0 saturated carbocycles. The van der Waals surface area contributed by atoms with E-state index in [-0.39, 0.29) is 22.8 Å². The van der Waals surface area contributed by atoms with Gasteiger partial charge in [0.05, 0.1) is 6.04 Å². The summed E-state index contributed by atoms with van der Waals surface area (Å²) in [7, 11) is 0. The monoisotopic (exact) mass is 487 g/mol. The summed E-state index contributed by atoms with van der Waals surface area (Å²) in [5.41, 5.74) is 3.33. The summed E-state index contributed by atoms with van der Waals surface area (Å²) in [5.74, 6) is 2.67. The molecule has 0 radical (unpaired) electrons. The van der Waals surface area contributed by atoms with Crippen LogP contribution in [0.5, 0.6) is 0 Å². The molecule has 2 nitrogen and oxygen atoms in total. The molecule has 0 aromatic rings. The fourth-order valence-corrected chi connectivity index (χ4v) is 5.79. The summed E-state index contributed by atoms with van der Waals surface area (Å²) in [4.78, 5) is 13.1. The van der Waals surface area contributed by atoms with Gasteiger partial charge in [-0.05, 0) is 65.8 Å². The Morgan fingerprint density at radius 2 is 1.49 bits per heavy atom. The number of allylic oxidation sites excluding steroid dienone is 2. The molecule has 2 heteroatoms. The molecule has 0 spiro atoms. The minimum atomic E-state index is -0.108. The Morgan fingerprint density at radius 1 is 0.943 bits per heavy atom. The lowest BCUT2D eigenvalue weighted by Crippen LogP contribution is -2.47. The van der Waals surface area contributed by atoms with Gasteiger partial charge in [-0.3, -0.25) is 4.79 Å². The number of carbonyl (C=O) groups is 1. The molecule has 0 saturated heterocycles.